The highest BCUT2D eigenvalue weighted by molar-refractivity contribution is 5.86. The van der Waals surface area contributed by atoms with E-state index in [0.717, 1.165) is 38.9 Å². The molecule has 4 nitrogen and oxygen atoms in total. The molecule has 0 amide bonds. The first-order valence-electron chi connectivity index (χ1n) is 14.9. The molecule has 0 aromatic rings. The Morgan fingerprint density at radius 1 is 1.16 bits per heavy atom. The van der Waals surface area contributed by atoms with E-state index < -0.39 is 0 Å². The number of rotatable bonds is 12. The maximum absolute atomic E-state index is 5.09. The molecule has 0 aromatic carbocycles. The maximum atomic E-state index is 5.09. The third-order valence-electron chi connectivity index (χ3n) is 8.65. The molecule has 0 saturated carbocycles. The van der Waals surface area contributed by atoms with Crippen molar-refractivity contribution >= 4 is 5.84 Å². The third-order valence-corrected chi connectivity index (χ3v) is 8.65. The SMILES string of the molecule is CCCCCC1(C)C=C/C(=C/CCN=C2CN(CCC)C(C(C3=CCC(C)C=C3)N(C)C)=CN2C)C1C. The van der Waals surface area contributed by atoms with Crippen molar-refractivity contribution in [3.05, 3.63) is 59.5 Å². The Morgan fingerprint density at radius 2 is 1.95 bits per heavy atom. The van der Waals surface area contributed by atoms with Gasteiger partial charge in [-0.25, -0.2) is 0 Å². The highest BCUT2D eigenvalue weighted by Gasteiger charge is 2.34. The van der Waals surface area contributed by atoms with Crippen LogP contribution < -0.4 is 0 Å². The summed E-state index contributed by atoms with van der Waals surface area (Å²) in [6, 6.07) is 0.270. The third kappa shape index (κ3) is 7.50. The van der Waals surface area contributed by atoms with Crippen LogP contribution in [0, 0.1) is 17.3 Å². The van der Waals surface area contributed by atoms with Gasteiger partial charge in [0.05, 0.1) is 18.3 Å². The van der Waals surface area contributed by atoms with Crippen molar-refractivity contribution in [3.63, 3.8) is 0 Å². The lowest BCUT2D eigenvalue weighted by atomic mass is 9.75. The molecule has 0 bridgehead atoms. The second kappa shape index (κ2) is 13.6. The van der Waals surface area contributed by atoms with Gasteiger partial charge >= 0.3 is 0 Å². The van der Waals surface area contributed by atoms with Gasteiger partial charge in [0.25, 0.3) is 0 Å². The second-order valence-electron chi connectivity index (χ2n) is 12.0. The van der Waals surface area contributed by atoms with Gasteiger partial charge in [0.2, 0.25) is 0 Å². The molecule has 3 rings (SSSR count). The van der Waals surface area contributed by atoms with Crippen LogP contribution in [0.15, 0.2) is 64.5 Å². The Bertz CT molecular complexity index is 934. The number of aliphatic imine (C=N–C) groups is 1. The van der Waals surface area contributed by atoms with Gasteiger partial charge in [-0.05, 0) is 68.2 Å². The molecule has 0 saturated heterocycles. The van der Waals surface area contributed by atoms with E-state index in [-0.39, 0.29) is 6.04 Å². The summed E-state index contributed by atoms with van der Waals surface area (Å²) in [5.41, 5.74) is 4.62. The smallest absolute Gasteiger partial charge is 0.122 e. The summed E-state index contributed by atoms with van der Waals surface area (Å²) in [4.78, 5) is 12.3. The first-order valence-corrected chi connectivity index (χ1v) is 14.9. The lowest BCUT2D eigenvalue weighted by molar-refractivity contribution is 0.264. The highest BCUT2D eigenvalue weighted by atomic mass is 15.3. The molecule has 3 aliphatic rings. The molecule has 1 heterocycles. The van der Waals surface area contributed by atoms with Crippen molar-refractivity contribution in [2.24, 2.45) is 22.2 Å². The molecule has 0 aromatic heterocycles. The Balaban J connectivity index is 1.68. The van der Waals surface area contributed by atoms with E-state index in [9.17, 15) is 0 Å². The monoisotopic (exact) mass is 506 g/mol. The van der Waals surface area contributed by atoms with Crippen molar-refractivity contribution in [3.8, 4) is 0 Å². The van der Waals surface area contributed by atoms with Gasteiger partial charge in [0.15, 0.2) is 0 Å². The number of unbranched alkanes of at least 4 members (excludes halogenated alkanes) is 2. The summed E-state index contributed by atoms with van der Waals surface area (Å²) >= 11 is 0. The van der Waals surface area contributed by atoms with Gasteiger partial charge in [-0.15, -0.1) is 0 Å². The number of hydrogen-bond acceptors (Lipinski definition) is 3. The number of likely N-dealkylation sites (N-methyl/N-ethyl adjacent to an activating group) is 2. The van der Waals surface area contributed by atoms with Crippen LogP contribution in [0.25, 0.3) is 0 Å². The van der Waals surface area contributed by atoms with Gasteiger partial charge in [-0.3, -0.25) is 9.89 Å². The fourth-order valence-electron chi connectivity index (χ4n) is 5.97. The van der Waals surface area contributed by atoms with Crippen molar-refractivity contribution in [1.29, 1.82) is 0 Å². The largest absolute Gasteiger partial charge is 0.365 e. The summed E-state index contributed by atoms with van der Waals surface area (Å²) < 4.78 is 0. The molecule has 0 N–H and O–H groups in total. The lowest BCUT2D eigenvalue weighted by Gasteiger charge is -2.41. The lowest BCUT2D eigenvalue weighted by Crippen LogP contribution is -2.48. The molecule has 2 aliphatic carbocycles. The first kappa shape index (κ1) is 29.5. The molecule has 1 aliphatic heterocycles. The van der Waals surface area contributed by atoms with Gasteiger partial charge in [0.1, 0.15) is 5.84 Å². The van der Waals surface area contributed by atoms with Gasteiger partial charge in [-0.2, -0.15) is 0 Å². The molecule has 0 fully saturated rings. The minimum atomic E-state index is 0.270. The Labute approximate surface area is 228 Å². The standard InChI is InChI=1S/C33H54N4/c1-9-11-12-20-33(5)21-19-28(27(33)4)14-13-22-34-31-25-37(23-10-2)30(24-36(31)8)32(35(6)7)29-17-15-26(3)16-18-29/h14-15,17-19,21,24,26-27,32H,9-13,16,20,22-23,25H2,1-8H3/b28-14-,34-31?. The fourth-order valence-corrected chi connectivity index (χ4v) is 5.97. The van der Waals surface area contributed by atoms with Crippen LogP contribution in [0.2, 0.25) is 0 Å². The van der Waals surface area contributed by atoms with Crippen LogP contribution in [0.3, 0.4) is 0 Å². The number of nitrogens with zero attached hydrogens (tertiary/aromatic N) is 4. The summed E-state index contributed by atoms with van der Waals surface area (Å²) in [5.74, 6) is 2.41. The Morgan fingerprint density at radius 3 is 2.59 bits per heavy atom. The molecule has 206 valence electrons. The molecule has 0 spiro atoms. The number of allylic oxidation sites excluding steroid dienone is 5. The zero-order chi connectivity index (χ0) is 27.0. The van der Waals surface area contributed by atoms with Crippen molar-refractivity contribution in [1.82, 2.24) is 14.7 Å². The predicted molar refractivity (Wildman–Crippen MR) is 162 cm³/mol. The minimum absolute atomic E-state index is 0.270. The van der Waals surface area contributed by atoms with Crippen LogP contribution >= 0.6 is 0 Å². The molecule has 4 atom stereocenters. The van der Waals surface area contributed by atoms with E-state index in [1.165, 1.54) is 48.4 Å². The normalized spacial score (nSPS) is 29.0. The summed E-state index contributed by atoms with van der Waals surface area (Å²) in [6.07, 6.45) is 25.3. The van der Waals surface area contributed by atoms with Crippen LogP contribution in [0.4, 0.5) is 0 Å². The summed E-state index contributed by atoms with van der Waals surface area (Å²) in [6.45, 7) is 14.5. The van der Waals surface area contributed by atoms with Crippen LogP contribution in [-0.2, 0) is 0 Å². The van der Waals surface area contributed by atoms with Crippen LogP contribution in [0.5, 0.6) is 0 Å². The summed E-state index contributed by atoms with van der Waals surface area (Å²) in [5, 5.41) is 0. The maximum Gasteiger partial charge on any atom is 0.122 e. The van der Waals surface area contributed by atoms with E-state index in [1.54, 1.807) is 0 Å². The van der Waals surface area contributed by atoms with Crippen molar-refractivity contribution in [2.45, 2.75) is 85.6 Å². The van der Waals surface area contributed by atoms with E-state index >= 15 is 0 Å². The quantitative estimate of drug-likeness (QED) is 0.257. The van der Waals surface area contributed by atoms with Gasteiger partial charge < -0.3 is 9.80 Å². The predicted octanol–water partition coefficient (Wildman–Crippen LogP) is 7.45. The molecular formula is C33H54N4. The second-order valence-corrected chi connectivity index (χ2v) is 12.0. The van der Waals surface area contributed by atoms with E-state index in [4.69, 9.17) is 4.99 Å². The van der Waals surface area contributed by atoms with Crippen LogP contribution in [-0.4, -0.2) is 67.4 Å². The molecule has 37 heavy (non-hydrogen) atoms. The highest BCUT2D eigenvalue weighted by Crippen LogP contribution is 2.44. The van der Waals surface area contributed by atoms with Gasteiger partial charge in [0, 0.05) is 26.3 Å². The molecule has 0 radical (unpaired) electrons. The zero-order valence-electron chi connectivity index (χ0n) is 25.1. The van der Waals surface area contributed by atoms with Crippen LogP contribution in [0.1, 0.15) is 79.6 Å². The first-order chi connectivity index (χ1) is 17.7. The van der Waals surface area contributed by atoms with Gasteiger partial charge in [-0.1, -0.05) is 90.3 Å². The molecule has 4 heteroatoms. The number of amidine groups is 1. The van der Waals surface area contributed by atoms with E-state index in [2.05, 4.69) is 113 Å². The Hall–Kier alpha value is -2.07. The molecule has 4 unspecified atom stereocenters. The fraction of sp³-hybridized carbons (Fsp3) is 0.667. The number of hydrogen-bond donors (Lipinski definition) is 0. The van der Waals surface area contributed by atoms with E-state index in [0.29, 0.717) is 17.3 Å². The average Bonchev–Trinajstić information content (AvgIpc) is 3.14. The Kier molecular flexibility index (Phi) is 10.9. The molecular weight excluding hydrogens is 452 g/mol. The van der Waals surface area contributed by atoms with Crippen molar-refractivity contribution < 1.29 is 0 Å². The van der Waals surface area contributed by atoms with E-state index in [1.807, 2.05) is 0 Å². The average molecular weight is 507 g/mol. The summed E-state index contributed by atoms with van der Waals surface area (Å²) in [7, 11) is 6.57. The van der Waals surface area contributed by atoms with Crippen molar-refractivity contribution in [2.75, 3.05) is 40.8 Å². The minimum Gasteiger partial charge on any atom is -0.365 e. The topological polar surface area (TPSA) is 22.1 Å². The zero-order valence-corrected chi connectivity index (χ0v) is 25.1.